The van der Waals surface area contributed by atoms with Crippen molar-refractivity contribution < 1.29 is 8.42 Å². The van der Waals surface area contributed by atoms with Gasteiger partial charge in [0.25, 0.3) is 0 Å². The Bertz CT molecular complexity index is 662. The SMILES string of the molecule is Cc1cnc(CS(=O)(=O)c2cccs2)c(C)c1N. The van der Waals surface area contributed by atoms with Gasteiger partial charge in [-0.05, 0) is 36.4 Å². The summed E-state index contributed by atoms with van der Waals surface area (Å²) in [7, 11) is -3.32. The van der Waals surface area contributed by atoms with Gasteiger partial charge in [0.15, 0.2) is 9.84 Å². The van der Waals surface area contributed by atoms with Gasteiger partial charge < -0.3 is 5.73 Å². The monoisotopic (exact) mass is 282 g/mol. The molecule has 0 spiro atoms. The van der Waals surface area contributed by atoms with Gasteiger partial charge in [0, 0.05) is 11.9 Å². The Balaban J connectivity index is 2.39. The molecule has 4 nitrogen and oxygen atoms in total. The maximum Gasteiger partial charge on any atom is 0.193 e. The number of hydrogen-bond donors (Lipinski definition) is 1. The Morgan fingerprint density at radius 2 is 2.11 bits per heavy atom. The Hall–Kier alpha value is -1.40. The van der Waals surface area contributed by atoms with Crippen LogP contribution in [0, 0.1) is 13.8 Å². The first-order chi connectivity index (χ1) is 8.42. The van der Waals surface area contributed by atoms with E-state index in [0.29, 0.717) is 15.6 Å². The second-order valence-corrected chi connectivity index (χ2v) is 7.28. The normalized spacial score (nSPS) is 11.7. The van der Waals surface area contributed by atoms with Crippen LogP contribution in [0.15, 0.2) is 27.9 Å². The lowest BCUT2D eigenvalue weighted by Crippen LogP contribution is -2.08. The minimum absolute atomic E-state index is 0.107. The summed E-state index contributed by atoms with van der Waals surface area (Å²) >= 11 is 1.22. The van der Waals surface area contributed by atoms with Crippen LogP contribution in [0.2, 0.25) is 0 Å². The van der Waals surface area contributed by atoms with E-state index in [1.807, 2.05) is 6.92 Å². The third kappa shape index (κ3) is 2.39. The molecule has 0 aromatic carbocycles. The first kappa shape index (κ1) is 13.0. The number of nitrogens with zero attached hydrogens (tertiary/aromatic N) is 1. The number of thiophene rings is 1. The maximum atomic E-state index is 12.1. The predicted octanol–water partition coefficient (Wildman–Crippen LogP) is 2.32. The molecule has 2 aromatic heterocycles. The van der Waals surface area contributed by atoms with Crippen molar-refractivity contribution >= 4 is 26.9 Å². The number of rotatable bonds is 3. The van der Waals surface area contributed by atoms with Crippen molar-refractivity contribution in [3.63, 3.8) is 0 Å². The molecule has 18 heavy (non-hydrogen) atoms. The fourth-order valence-corrected chi connectivity index (χ4v) is 4.09. The highest BCUT2D eigenvalue weighted by molar-refractivity contribution is 7.92. The Labute approximate surface area is 110 Å². The molecule has 6 heteroatoms. The molecule has 0 radical (unpaired) electrons. The molecule has 0 atom stereocenters. The van der Waals surface area contributed by atoms with Crippen molar-refractivity contribution in [2.45, 2.75) is 23.8 Å². The molecule has 0 aliphatic heterocycles. The van der Waals surface area contributed by atoms with Crippen LogP contribution in [-0.2, 0) is 15.6 Å². The van der Waals surface area contributed by atoms with Crippen molar-refractivity contribution in [3.05, 3.63) is 40.5 Å². The number of nitrogens with two attached hydrogens (primary N) is 1. The second-order valence-electron chi connectivity index (χ2n) is 4.12. The van der Waals surface area contributed by atoms with Gasteiger partial charge in [-0.3, -0.25) is 4.98 Å². The summed E-state index contributed by atoms with van der Waals surface area (Å²) < 4.78 is 24.6. The molecule has 2 aromatic rings. The standard InChI is InChI=1S/C12H14N2O2S2/c1-8-6-14-10(9(2)12(8)13)7-18(15,16)11-4-3-5-17-11/h3-6H,7H2,1-2H3,(H2,13,14). The molecular formula is C12H14N2O2S2. The Morgan fingerprint density at radius 1 is 1.39 bits per heavy atom. The molecule has 2 heterocycles. The zero-order valence-corrected chi connectivity index (χ0v) is 11.8. The molecule has 0 saturated carbocycles. The van der Waals surface area contributed by atoms with Crippen LogP contribution in [-0.4, -0.2) is 13.4 Å². The fraction of sp³-hybridized carbons (Fsp3) is 0.250. The Morgan fingerprint density at radius 3 is 2.72 bits per heavy atom. The van der Waals surface area contributed by atoms with E-state index in [-0.39, 0.29) is 5.75 Å². The Kier molecular flexibility index (Phi) is 3.41. The minimum Gasteiger partial charge on any atom is -0.398 e. The number of pyridine rings is 1. The molecule has 2 N–H and O–H groups in total. The van der Waals surface area contributed by atoms with Gasteiger partial charge in [0.1, 0.15) is 4.21 Å². The van der Waals surface area contributed by atoms with Gasteiger partial charge in [-0.25, -0.2) is 8.42 Å². The largest absolute Gasteiger partial charge is 0.398 e. The van der Waals surface area contributed by atoms with Crippen LogP contribution in [0.1, 0.15) is 16.8 Å². The van der Waals surface area contributed by atoms with Gasteiger partial charge in [-0.15, -0.1) is 11.3 Å². The van der Waals surface area contributed by atoms with E-state index >= 15 is 0 Å². The highest BCUT2D eigenvalue weighted by Gasteiger charge is 2.19. The smallest absolute Gasteiger partial charge is 0.193 e. The maximum absolute atomic E-state index is 12.1. The van der Waals surface area contributed by atoms with Gasteiger partial charge in [-0.1, -0.05) is 6.07 Å². The van der Waals surface area contributed by atoms with Gasteiger partial charge in [0.05, 0.1) is 11.4 Å². The number of hydrogen-bond acceptors (Lipinski definition) is 5. The zero-order valence-electron chi connectivity index (χ0n) is 10.2. The second kappa shape index (κ2) is 4.70. The summed E-state index contributed by atoms with van der Waals surface area (Å²) in [6.07, 6.45) is 1.61. The molecule has 96 valence electrons. The topological polar surface area (TPSA) is 73.0 Å². The summed E-state index contributed by atoms with van der Waals surface area (Å²) in [5.74, 6) is -0.107. The zero-order chi connectivity index (χ0) is 13.3. The van der Waals surface area contributed by atoms with Crippen LogP contribution < -0.4 is 5.73 Å². The number of aryl methyl sites for hydroxylation is 1. The molecular weight excluding hydrogens is 268 g/mol. The van der Waals surface area contributed by atoms with Crippen molar-refractivity contribution in [1.29, 1.82) is 0 Å². The summed E-state index contributed by atoms with van der Waals surface area (Å²) in [5.41, 5.74) is 8.63. The van der Waals surface area contributed by atoms with Crippen molar-refractivity contribution in [1.82, 2.24) is 4.98 Å². The molecule has 0 amide bonds. The van der Waals surface area contributed by atoms with Crippen molar-refractivity contribution in [2.24, 2.45) is 0 Å². The number of nitrogen functional groups attached to an aromatic ring is 1. The summed E-state index contributed by atoms with van der Waals surface area (Å²) in [5, 5.41) is 1.75. The highest BCUT2D eigenvalue weighted by atomic mass is 32.2. The first-order valence-corrected chi connectivity index (χ1v) is 7.92. The molecule has 0 fully saturated rings. The van der Waals surface area contributed by atoms with Gasteiger partial charge in [-0.2, -0.15) is 0 Å². The van der Waals surface area contributed by atoms with E-state index in [1.54, 1.807) is 30.6 Å². The van der Waals surface area contributed by atoms with E-state index < -0.39 is 9.84 Å². The third-order valence-electron chi connectivity index (χ3n) is 2.80. The van der Waals surface area contributed by atoms with Gasteiger partial charge >= 0.3 is 0 Å². The van der Waals surface area contributed by atoms with Gasteiger partial charge in [0.2, 0.25) is 0 Å². The van der Waals surface area contributed by atoms with Crippen LogP contribution in [0.4, 0.5) is 5.69 Å². The lowest BCUT2D eigenvalue weighted by molar-refractivity contribution is 0.596. The lowest BCUT2D eigenvalue weighted by Gasteiger charge is -2.09. The van der Waals surface area contributed by atoms with E-state index in [4.69, 9.17) is 5.73 Å². The average Bonchev–Trinajstić information content (AvgIpc) is 2.84. The molecule has 2 rings (SSSR count). The minimum atomic E-state index is -3.32. The molecule has 0 saturated heterocycles. The average molecular weight is 282 g/mol. The summed E-state index contributed by atoms with van der Waals surface area (Å²) in [4.78, 5) is 4.18. The highest BCUT2D eigenvalue weighted by Crippen LogP contribution is 2.24. The molecule has 0 aliphatic rings. The predicted molar refractivity (Wildman–Crippen MR) is 73.3 cm³/mol. The van der Waals surface area contributed by atoms with Crippen molar-refractivity contribution in [2.75, 3.05) is 5.73 Å². The fourth-order valence-electron chi connectivity index (χ4n) is 1.63. The van der Waals surface area contributed by atoms with E-state index in [2.05, 4.69) is 4.98 Å². The number of anilines is 1. The van der Waals surface area contributed by atoms with E-state index in [1.165, 1.54) is 11.3 Å². The molecule has 0 aliphatic carbocycles. The molecule has 0 unspecified atom stereocenters. The summed E-state index contributed by atoms with van der Waals surface area (Å²) in [6, 6.07) is 3.33. The molecule has 0 bridgehead atoms. The first-order valence-electron chi connectivity index (χ1n) is 5.38. The van der Waals surface area contributed by atoms with Crippen LogP contribution in [0.3, 0.4) is 0 Å². The summed E-state index contributed by atoms with van der Waals surface area (Å²) in [6.45, 7) is 3.65. The van der Waals surface area contributed by atoms with E-state index in [9.17, 15) is 8.42 Å². The van der Waals surface area contributed by atoms with Crippen LogP contribution in [0.25, 0.3) is 0 Å². The third-order valence-corrected chi connectivity index (χ3v) is 5.92. The van der Waals surface area contributed by atoms with Crippen molar-refractivity contribution in [3.8, 4) is 0 Å². The number of aromatic nitrogens is 1. The van der Waals surface area contributed by atoms with E-state index in [0.717, 1.165) is 11.1 Å². The number of sulfone groups is 1. The lowest BCUT2D eigenvalue weighted by atomic mass is 10.1. The van der Waals surface area contributed by atoms with Crippen LogP contribution >= 0.6 is 11.3 Å². The quantitative estimate of drug-likeness (QED) is 0.937. The van der Waals surface area contributed by atoms with Crippen LogP contribution in [0.5, 0.6) is 0 Å².